The van der Waals surface area contributed by atoms with Gasteiger partial charge in [-0.2, -0.15) is 18.3 Å². The molecule has 0 atom stereocenters. The SMILES string of the molecule is COC(=O)c1ccc(S(=O)(=O)Nc2cc(C)nn2-c2ccccc2C(F)(F)F)cc1. The molecule has 1 heterocycles. The molecule has 0 aliphatic rings. The molecular weight excluding hydrogens is 423 g/mol. The van der Waals surface area contributed by atoms with E-state index in [2.05, 4.69) is 14.6 Å². The van der Waals surface area contributed by atoms with E-state index in [1.165, 1.54) is 62.6 Å². The van der Waals surface area contributed by atoms with Crippen LogP contribution in [0.3, 0.4) is 0 Å². The number of carbonyl (C=O) groups excluding carboxylic acids is 1. The topological polar surface area (TPSA) is 90.3 Å². The van der Waals surface area contributed by atoms with Crippen molar-refractivity contribution in [1.82, 2.24) is 9.78 Å². The van der Waals surface area contributed by atoms with Crippen molar-refractivity contribution in [3.63, 3.8) is 0 Å². The smallest absolute Gasteiger partial charge is 0.418 e. The summed E-state index contributed by atoms with van der Waals surface area (Å²) in [6, 6.07) is 10.9. The van der Waals surface area contributed by atoms with Gasteiger partial charge in [0.05, 0.1) is 34.5 Å². The van der Waals surface area contributed by atoms with Crippen LogP contribution in [0, 0.1) is 6.92 Å². The molecule has 1 N–H and O–H groups in total. The van der Waals surface area contributed by atoms with E-state index in [0.29, 0.717) is 5.69 Å². The Morgan fingerprint density at radius 3 is 2.33 bits per heavy atom. The Balaban J connectivity index is 2.01. The molecule has 0 saturated carbocycles. The van der Waals surface area contributed by atoms with Crippen molar-refractivity contribution in [2.75, 3.05) is 11.8 Å². The van der Waals surface area contributed by atoms with Crippen molar-refractivity contribution in [2.45, 2.75) is 18.0 Å². The maximum atomic E-state index is 13.4. The fraction of sp³-hybridized carbons (Fsp3) is 0.158. The van der Waals surface area contributed by atoms with Gasteiger partial charge in [0, 0.05) is 6.07 Å². The van der Waals surface area contributed by atoms with E-state index in [1.54, 1.807) is 0 Å². The Kier molecular flexibility index (Phi) is 5.57. The third kappa shape index (κ3) is 4.30. The van der Waals surface area contributed by atoms with Crippen LogP contribution in [0.15, 0.2) is 59.5 Å². The summed E-state index contributed by atoms with van der Waals surface area (Å²) >= 11 is 0. The number of aromatic nitrogens is 2. The number of alkyl halides is 3. The van der Waals surface area contributed by atoms with Crippen LogP contribution in [0.4, 0.5) is 19.0 Å². The number of hydrogen-bond donors (Lipinski definition) is 1. The van der Waals surface area contributed by atoms with E-state index in [1.807, 2.05) is 0 Å². The third-order valence-electron chi connectivity index (χ3n) is 4.09. The predicted molar refractivity (Wildman–Crippen MR) is 102 cm³/mol. The maximum Gasteiger partial charge on any atom is 0.418 e. The van der Waals surface area contributed by atoms with E-state index in [4.69, 9.17) is 0 Å². The Morgan fingerprint density at radius 1 is 1.10 bits per heavy atom. The van der Waals surface area contributed by atoms with Gasteiger partial charge in [-0.15, -0.1) is 0 Å². The molecular formula is C19H16F3N3O4S. The van der Waals surface area contributed by atoms with Crippen molar-refractivity contribution in [3.05, 3.63) is 71.4 Å². The molecule has 1 aromatic heterocycles. The Bertz CT molecular complexity index is 1190. The van der Waals surface area contributed by atoms with Gasteiger partial charge in [0.25, 0.3) is 10.0 Å². The van der Waals surface area contributed by atoms with Crippen molar-refractivity contribution in [3.8, 4) is 5.69 Å². The molecule has 0 saturated heterocycles. The first-order chi connectivity index (χ1) is 14.0. The highest BCUT2D eigenvalue weighted by Crippen LogP contribution is 2.35. The van der Waals surface area contributed by atoms with Crippen LogP contribution >= 0.6 is 0 Å². The standard InChI is InChI=1S/C19H16F3N3O4S/c1-12-11-17(25(23-12)16-6-4-3-5-15(16)19(20,21)22)24-30(27,28)14-9-7-13(8-10-14)18(26)29-2/h3-11,24H,1-2H3. The molecule has 158 valence electrons. The van der Waals surface area contributed by atoms with Crippen LogP contribution in [0.1, 0.15) is 21.6 Å². The number of ether oxygens (including phenoxy) is 1. The first-order valence-corrected chi connectivity index (χ1v) is 9.96. The molecule has 2 aromatic carbocycles. The average Bonchev–Trinajstić information content (AvgIpc) is 3.06. The number of nitrogens with one attached hydrogen (secondary N) is 1. The number of rotatable bonds is 5. The van der Waals surface area contributed by atoms with Gasteiger partial charge >= 0.3 is 12.1 Å². The molecule has 30 heavy (non-hydrogen) atoms. The van der Waals surface area contributed by atoms with Crippen molar-refractivity contribution in [1.29, 1.82) is 0 Å². The highest BCUT2D eigenvalue weighted by Gasteiger charge is 2.34. The Morgan fingerprint density at radius 2 is 1.73 bits per heavy atom. The lowest BCUT2D eigenvalue weighted by molar-refractivity contribution is -0.137. The molecule has 0 radical (unpaired) electrons. The van der Waals surface area contributed by atoms with E-state index in [-0.39, 0.29) is 22.0 Å². The molecule has 0 amide bonds. The summed E-state index contributed by atoms with van der Waals surface area (Å²) in [5.74, 6) is -0.800. The highest BCUT2D eigenvalue weighted by molar-refractivity contribution is 7.92. The number of para-hydroxylation sites is 1. The van der Waals surface area contributed by atoms with Crippen molar-refractivity contribution < 1.29 is 31.1 Å². The number of sulfonamides is 1. The normalized spacial score (nSPS) is 11.9. The molecule has 0 unspecified atom stereocenters. The summed E-state index contributed by atoms with van der Waals surface area (Å²) in [5.41, 5.74) is -0.824. The molecule has 0 spiro atoms. The van der Waals surface area contributed by atoms with Gasteiger partial charge in [-0.3, -0.25) is 4.72 Å². The van der Waals surface area contributed by atoms with Gasteiger partial charge in [0.15, 0.2) is 0 Å². The summed E-state index contributed by atoms with van der Waals surface area (Å²) in [6.45, 7) is 1.52. The second-order valence-corrected chi connectivity index (χ2v) is 7.90. The fourth-order valence-corrected chi connectivity index (χ4v) is 3.77. The minimum atomic E-state index is -4.66. The summed E-state index contributed by atoms with van der Waals surface area (Å²) in [5, 5.41) is 4.01. The third-order valence-corrected chi connectivity index (χ3v) is 5.46. The van der Waals surface area contributed by atoms with Crippen molar-refractivity contribution in [2.24, 2.45) is 0 Å². The summed E-state index contributed by atoms with van der Waals surface area (Å²) in [6.07, 6.45) is -4.66. The number of hydrogen-bond acceptors (Lipinski definition) is 5. The molecule has 0 aliphatic carbocycles. The van der Waals surface area contributed by atoms with Gasteiger partial charge < -0.3 is 4.74 Å². The number of aryl methyl sites for hydroxylation is 1. The summed E-state index contributed by atoms with van der Waals surface area (Å²) < 4.78 is 73.3. The molecule has 3 rings (SSSR count). The number of anilines is 1. The molecule has 11 heteroatoms. The van der Waals surface area contributed by atoms with E-state index in [0.717, 1.165) is 10.7 Å². The highest BCUT2D eigenvalue weighted by atomic mass is 32.2. The number of nitrogens with zero attached hydrogens (tertiary/aromatic N) is 2. The first-order valence-electron chi connectivity index (χ1n) is 8.47. The lowest BCUT2D eigenvalue weighted by atomic mass is 10.1. The lowest BCUT2D eigenvalue weighted by Crippen LogP contribution is -2.18. The van der Waals surface area contributed by atoms with Gasteiger partial charge in [0.2, 0.25) is 0 Å². The molecule has 0 fully saturated rings. The number of esters is 1. The number of benzene rings is 2. The minimum Gasteiger partial charge on any atom is -0.465 e. The number of halogens is 3. The first kappa shape index (κ1) is 21.4. The van der Waals surface area contributed by atoms with Crippen LogP contribution in [0.2, 0.25) is 0 Å². The van der Waals surface area contributed by atoms with Crippen molar-refractivity contribution >= 4 is 21.8 Å². The van der Waals surface area contributed by atoms with Crippen LogP contribution in [0.5, 0.6) is 0 Å². The van der Waals surface area contributed by atoms with Gasteiger partial charge in [0.1, 0.15) is 5.82 Å². The molecule has 3 aromatic rings. The van der Waals surface area contributed by atoms with Gasteiger partial charge in [-0.1, -0.05) is 12.1 Å². The van der Waals surface area contributed by atoms with E-state index < -0.39 is 27.7 Å². The minimum absolute atomic E-state index is 0.149. The fourth-order valence-electron chi connectivity index (χ4n) is 2.74. The Hall–Kier alpha value is -3.34. The van der Waals surface area contributed by atoms with E-state index in [9.17, 15) is 26.4 Å². The molecule has 0 bridgehead atoms. The average molecular weight is 439 g/mol. The largest absolute Gasteiger partial charge is 0.465 e. The number of methoxy groups -OCH3 is 1. The molecule has 7 nitrogen and oxygen atoms in total. The maximum absolute atomic E-state index is 13.4. The number of carbonyl (C=O) groups is 1. The lowest BCUT2D eigenvalue weighted by Gasteiger charge is -2.15. The zero-order valence-corrected chi connectivity index (χ0v) is 16.6. The quantitative estimate of drug-likeness (QED) is 0.611. The summed E-state index contributed by atoms with van der Waals surface area (Å²) in [7, 11) is -2.98. The van der Waals surface area contributed by atoms with E-state index >= 15 is 0 Å². The van der Waals surface area contributed by atoms with Crippen LogP contribution < -0.4 is 4.72 Å². The zero-order chi connectivity index (χ0) is 22.1. The zero-order valence-electron chi connectivity index (χ0n) is 15.8. The van der Waals surface area contributed by atoms with Crippen LogP contribution in [0.25, 0.3) is 5.69 Å². The van der Waals surface area contributed by atoms with Gasteiger partial charge in [-0.05, 0) is 43.3 Å². The monoisotopic (exact) mass is 439 g/mol. The predicted octanol–water partition coefficient (Wildman–Crippen LogP) is 3.79. The second kappa shape index (κ2) is 7.82. The Labute approximate surface area is 170 Å². The molecule has 0 aliphatic heterocycles. The summed E-state index contributed by atoms with van der Waals surface area (Å²) in [4.78, 5) is 11.3. The second-order valence-electron chi connectivity index (χ2n) is 6.22. The van der Waals surface area contributed by atoms with Crippen LogP contribution in [-0.4, -0.2) is 31.3 Å². The van der Waals surface area contributed by atoms with Gasteiger partial charge in [-0.25, -0.2) is 17.9 Å². The van der Waals surface area contributed by atoms with Crippen LogP contribution in [-0.2, 0) is 20.9 Å².